The predicted molar refractivity (Wildman–Crippen MR) is 66.9 cm³/mol. The van der Waals surface area contributed by atoms with Gasteiger partial charge in [0.25, 0.3) is 0 Å². The highest BCUT2D eigenvalue weighted by molar-refractivity contribution is 5.85. The maximum absolute atomic E-state index is 11.9. The van der Waals surface area contributed by atoms with Gasteiger partial charge in [-0.05, 0) is 33.2 Å². The van der Waals surface area contributed by atoms with Crippen molar-refractivity contribution in [3.63, 3.8) is 0 Å². The molecule has 96 valence electrons. The van der Waals surface area contributed by atoms with Gasteiger partial charge >= 0.3 is 0 Å². The van der Waals surface area contributed by atoms with Crippen molar-refractivity contribution in [3.05, 3.63) is 0 Å². The lowest BCUT2D eigenvalue weighted by Gasteiger charge is -2.32. The molecule has 2 N–H and O–H groups in total. The first-order valence-corrected chi connectivity index (χ1v) is 5.60. The van der Waals surface area contributed by atoms with Crippen LogP contribution in [0.3, 0.4) is 0 Å². The van der Waals surface area contributed by atoms with Gasteiger partial charge in [-0.3, -0.25) is 4.79 Å². The minimum Gasteiger partial charge on any atom is -0.380 e. The Labute approximate surface area is 104 Å². The Hall–Kier alpha value is -0.320. The number of carbonyl (C=O) groups excluding carboxylic acids is 1. The number of halogens is 1. The fraction of sp³-hybridized carbons (Fsp3) is 0.909. The van der Waals surface area contributed by atoms with Crippen LogP contribution in [-0.2, 0) is 9.53 Å². The highest BCUT2D eigenvalue weighted by Crippen LogP contribution is 2.25. The van der Waals surface area contributed by atoms with E-state index in [-0.39, 0.29) is 29.8 Å². The average molecular weight is 251 g/mol. The number of piperidine rings is 1. The Morgan fingerprint density at radius 2 is 2.31 bits per heavy atom. The number of ether oxygens (including phenoxy) is 1. The van der Waals surface area contributed by atoms with Crippen molar-refractivity contribution in [3.8, 4) is 0 Å². The van der Waals surface area contributed by atoms with Gasteiger partial charge in [0, 0.05) is 20.2 Å². The van der Waals surface area contributed by atoms with Crippen molar-refractivity contribution < 1.29 is 9.53 Å². The molecule has 2 unspecified atom stereocenters. The van der Waals surface area contributed by atoms with Crippen LogP contribution in [-0.4, -0.2) is 38.8 Å². The molecular weight excluding hydrogens is 228 g/mol. The molecule has 1 aliphatic rings. The normalized spacial score (nSPS) is 26.7. The average Bonchev–Trinajstić information content (AvgIpc) is 2.26. The summed E-state index contributed by atoms with van der Waals surface area (Å²) in [5.74, 6) is 0.138. The second kappa shape index (κ2) is 7.09. The summed E-state index contributed by atoms with van der Waals surface area (Å²) in [7, 11) is 1.65. The fourth-order valence-corrected chi connectivity index (χ4v) is 1.78. The Kier molecular flexibility index (Phi) is 6.95. The van der Waals surface area contributed by atoms with E-state index < -0.39 is 0 Å². The molecule has 0 saturated carbocycles. The number of nitrogens with one attached hydrogen (secondary N) is 2. The van der Waals surface area contributed by atoms with Crippen LogP contribution in [0, 0.1) is 5.41 Å². The molecule has 1 amide bonds. The zero-order chi connectivity index (χ0) is 11.3. The second-order valence-electron chi connectivity index (χ2n) is 4.60. The molecule has 0 aromatic rings. The van der Waals surface area contributed by atoms with E-state index in [1.165, 1.54) is 0 Å². The molecule has 16 heavy (non-hydrogen) atoms. The van der Waals surface area contributed by atoms with Crippen LogP contribution in [0.4, 0.5) is 0 Å². The van der Waals surface area contributed by atoms with Gasteiger partial charge in [0.1, 0.15) is 0 Å². The van der Waals surface area contributed by atoms with Crippen molar-refractivity contribution >= 4 is 18.3 Å². The molecule has 0 bridgehead atoms. The van der Waals surface area contributed by atoms with Crippen LogP contribution >= 0.6 is 12.4 Å². The van der Waals surface area contributed by atoms with Gasteiger partial charge in [-0.15, -0.1) is 12.4 Å². The number of hydrogen-bond acceptors (Lipinski definition) is 3. The maximum Gasteiger partial charge on any atom is 0.227 e. The monoisotopic (exact) mass is 250 g/mol. The van der Waals surface area contributed by atoms with E-state index >= 15 is 0 Å². The molecule has 1 rings (SSSR count). The Morgan fingerprint density at radius 3 is 2.81 bits per heavy atom. The van der Waals surface area contributed by atoms with Crippen LogP contribution < -0.4 is 10.6 Å². The Bertz CT molecular complexity index is 218. The minimum absolute atomic E-state index is 0. The molecule has 0 aromatic carbocycles. The molecule has 4 nitrogen and oxygen atoms in total. The van der Waals surface area contributed by atoms with Crippen LogP contribution in [0.5, 0.6) is 0 Å². The van der Waals surface area contributed by atoms with Crippen LogP contribution in [0.2, 0.25) is 0 Å². The largest absolute Gasteiger partial charge is 0.380 e. The number of carbonyl (C=O) groups is 1. The summed E-state index contributed by atoms with van der Waals surface area (Å²) in [6.07, 6.45) is 2.12. The molecule has 2 atom stereocenters. The van der Waals surface area contributed by atoms with Gasteiger partial charge in [0.05, 0.1) is 11.5 Å². The van der Waals surface area contributed by atoms with Gasteiger partial charge in [-0.2, -0.15) is 0 Å². The first-order chi connectivity index (χ1) is 7.08. The molecule has 1 heterocycles. The standard InChI is InChI=1S/C11H22N2O2.ClH/c1-9(15-3)7-13-10(14)11(2)5-4-6-12-8-11;/h9,12H,4-8H2,1-3H3,(H,13,14);1H. The van der Waals surface area contributed by atoms with Gasteiger partial charge in [0.2, 0.25) is 5.91 Å². The predicted octanol–water partition coefficient (Wildman–Crippen LogP) is 0.949. The van der Waals surface area contributed by atoms with E-state index in [0.29, 0.717) is 6.54 Å². The molecule has 1 aliphatic heterocycles. The lowest BCUT2D eigenvalue weighted by atomic mass is 9.82. The van der Waals surface area contributed by atoms with Crippen LogP contribution in [0.15, 0.2) is 0 Å². The number of amides is 1. The Balaban J connectivity index is 0.00000225. The van der Waals surface area contributed by atoms with E-state index in [2.05, 4.69) is 10.6 Å². The smallest absolute Gasteiger partial charge is 0.227 e. The highest BCUT2D eigenvalue weighted by Gasteiger charge is 2.34. The molecule has 1 fully saturated rings. The lowest BCUT2D eigenvalue weighted by Crippen LogP contribution is -2.49. The van der Waals surface area contributed by atoms with E-state index in [0.717, 1.165) is 25.9 Å². The first kappa shape index (κ1) is 15.7. The third kappa shape index (κ3) is 4.28. The highest BCUT2D eigenvalue weighted by atomic mass is 35.5. The van der Waals surface area contributed by atoms with Gasteiger partial charge < -0.3 is 15.4 Å². The summed E-state index contributed by atoms with van der Waals surface area (Å²) in [5, 5.41) is 6.21. The van der Waals surface area contributed by atoms with Crippen molar-refractivity contribution in [1.82, 2.24) is 10.6 Å². The lowest BCUT2D eigenvalue weighted by molar-refractivity contribution is -0.131. The van der Waals surface area contributed by atoms with Crippen LogP contribution in [0.25, 0.3) is 0 Å². The summed E-state index contributed by atoms with van der Waals surface area (Å²) >= 11 is 0. The molecular formula is C11H23ClN2O2. The van der Waals surface area contributed by atoms with Crippen LogP contribution in [0.1, 0.15) is 26.7 Å². The second-order valence-corrected chi connectivity index (χ2v) is 4.60. The quantitative estimate of drug-likeness (QED) is 0.781. The van der Waals surface area contributed by atoms with Crippen molar-refractivity contribution in [2.24, 2.45) is 5.41 Å². The van der Waals surface area contributed by atoms with Crippen molar-refractivity contribution in [1.29, 1.82) is 0 Å². The van der Waals surface area contributed by atoms with E-state index in [9.17, 15) is 4.79 Å². The molecule has 1 saturated heterocycles. The zero-order valence-corrected chi connectivity index (χ0v) is 11.2. The SMILES string of the molecule is COC(C)CNC(=O)C1(C)CCCNC1.Cl. The number of hydrogen-bond donors (Lipinski definition) is 2. The zero-order valence-electron chi connectivity index (χ0n) is 10.3. The number of rotatable bonds is 4. The number of methoxy groups -OCH3 is 1. The molecule has 0 aromatic heterocycles. The molecule has 0 radical (unpaired) electrons. The molecule has 5 heteroatoms. The third-order valence-electron chi connectivity index (χ3n) is 3.10. The summed E-state index contributed by atoms with van der Waals surface area (Å²) < 4.78 is 5.09. The first-order valence-electron chi connectivity index (χ1n) is 5.60. The van der Waals surface area contributed by atoms with E-state index in [4.69, 9.17) is 4.74 Å². The Morgan fingerprint density at radius 1 is 1.62 bits per heavy atom. The maximum atomic E-state index is 11.9. The van der Waals surface area contributed by atoms with E-state index in [1.807, 2.05) is 13.8 Å². The summed E-state index contributed by atoms with van der Waals surface area (Å²) in [5.41, 5.74) is -0.244. The van der Waals surface area contributed by atoms with Crippen molar-refractivity contribution in [2.75, 3.05) is 26.7 Å². The fourth-order valence-electron chi connectivity index (χ4n) is 1.78. The third-order valence-corrected chi connectivity index (χ3v) is 3.10. The van der Waals surface area contributed by atoms with Gasteiger partial charge in [0.15, 0.2) is 0 Å². The topological polar surface area (TPSA) is 50.4 Å². The summed E-state index contributed by atoms with van der Waals surface area (Å²) in [6, 6.07) is 0. The summed E-state index contributed by atoms with van der Waals surface area (Å²) in [6.45, 7) is 6.36. The van der Waals surface area contributed by atoms with Gasteiger partial charge in [-0.25, -0.2) is 0 Å². The molecule has 0 aliphatic carbocycles. The summed E-state index contributed by atoms with van der Waals surface area (Å²) in [4.78, 5) is 11.9. The minimum atomic E-state index is -0.244. The molecule has 0 spiro atoms. The van der Waals surface area contributed by atoms with Gasteiger partial charge in [-0.1, -0.05) is 0 Å². The van der Waals surface area contributed by atoms with E-state index in [1.54, 1.807) is 7.11 Å². The van der Waals surface area contributed by atoms with Crippen molar-refractivity contribution in [2.45, 2.75) is 32.8 Å².